The number of carbonyl (C=O) groups excluding carboxylic acids is 1. The molecule has 4 rings (SSSR count). The van der Waals surface area contributed by atoms with Crippen molar-refractivity contribution in [2.24, 2.45) is 0 Å². The maximum atomic E-state index is 12.8. The average molecular weight is 414 g/mol. The van der Waals surface area contributed by atoms with Crippen molar-refractivity contribution in [3.63, 3.8) is 0 Å². The summed E-state index contributed by atoms with van der Waals surface area (Å²) in [7, 11) is 0. The van der Waals surface area contributed by atoms with Gasteiger partial charge in [0.1, 0.15) is 10.8 Å². The third-order valence-corrected chi connectivity index (χ3v) is 5.75. The van der Waals surface area contributed by atoms with Gasteiger partial charge in [0, 0.05) is 21.7 Å². The Morgan fingerprint density at radius 3 is 2.30 bits per heavy atom. The lowest BCUT2D eigenvalue weighted by Gasteiger charge is -2.21. The van der Waals surface area contributed by atoms with Crippen LogP contribution in [0.5, 0.6) is 0 Å². The molecule has 2 heterocycles. The molecule has 0 fully saturated rings. The Morgan fingerprint density at radius 2 is 1.60 bits per heavy atom. The number of aromatic nitrogens is 1. The van der Waals surface area contributed by atoms with Crippen LogP contribution in [0.2, 0.25) is 0 Å². The van der Waals surface area contributed by atoms with Crippen LogP contribution >= 0.6 is 11.3 Å². The van der Waals surface area contributed by atoms with Crippen LogP contribution < -0.4 is 10.6 Å². The van der Waals surface area contributed by atoms with E-state index in [1.54, 1.807) is 11.3 Å². The summed E-state index contributed by atoms with van der Waals surface area (Å²) in [4.78, 5) is 18.5. The molecule has 0 saturated carbocycles. The number of hydrogen-bond acceptors (Lipinski definition) is 4. The van der Waals surface area contributed by atoms with E-state index in [0.29, 0.717) is 5.56 Å². The number of amides is 1. The summed E-state index contributed by atoms with van der Waals surface area (Å²) in [6.07, 6.45) is 0. The van der Waals surface area contributed by atoms with E-state index in [0.717, 1.165) is 32.5 Å². The zero-order valence-corrected chi connectivity index (χ0v) is 17.7. The van der Waals surface area contributed by atoms with E-state index in [1.165, 1.54) is 0 Å². The second kappa shape index (κ2) is 8.93. The van der Waals surface area contributed by atoms with Gasteiger partial charge >= 0.3 is 0 Å². The smallest absolute Gasteiger partial charge is 0.256 e. The molecule has 2 aromatic heterocycles. The molecular formula is C25H23N3OS. The first-order valence-electron chi connectivity index (χ1n) is 9.82. The maximum Gasteiger partial charge on any atom is 0.256 e. The Hall–Kier alpha value is -3.44. The van der Waals surface area contributed by atoms with Gasteiger partial charge in [-0.05, 0) is 49.7 Å². The number of aryl methyl sites for hydroxylation is 2. The highest BCUT2D eigenvalue weighted by atomic mass is 32.1. The Kier molecular flexibility index (Phi) is 5.91. The fraction of sp³-hybridized carbons (Fsp3) is 0.120. The van der Waals surface area contributed by atoms with Gasteiger partial charge < -0.3 is 10.6 Å². The summed E-state index contributed by atoms with van der Waals surface area (Å²) in [6, 6.07) is 27.4. The summed E-state index contributed by atoms with van der Waals surface area (Å²) in [5.41, 5.74) is 3.72. The van der Waals surface area contributed by atoms with Gasteiger partial charge in [-0.2, -0.15) is 0 Å². The Balaban J connectivity index is 1.71. The predicted molar refractivity (Wildman–Crippen MR) is 124 cm³/mol. The van der Waals surface area contributed by atoms with Gasteiger partial charge in [-0.3, -0.25) is 4.79 Å². The molecule has 0 aliphatic carbocycles. The quantitative estimate of drug-likeness (QED) is 0.395. The second-order valence-corrected chi connectivity index (χ2v) is 8.37. The minimum Gasteiger partial charge on any atom is -0.359 e. The molecule has 0 aliphatic heterocycles. The third kappa shape index (κ3) is 4.58. The van der Waals surface area contributed by atoms with Gasteiger partial charge in [-0.15, -0.1) is 11.3 Å². The number of nitrogens with zero attached hydrogens (tertiary/aromatic N) is 1. The lowest BCUT2D eigenvalue weighted by Crippen LogP contribution is -2.17. The van der Waals surface area contributed by atoms with E-state index in [2.05, 4.69) is 40.7 Å². The van der Waals surface area contributed by atoms with Crippen LogP contribution in [-0.4, -0.2) is 10.9 Å². The van der Waals surface area contributed by atoms with Gasteiger partial charge in [-0.1, -0.05) is 54.6 Å². The minimum atomic E-state index is -0.142. The SMILES string of the molecule is Cc1cccc(N[C@@H](c2ccccc2)c2cc(C)sc2NC(=O)c2ccccc2)n1. The molecule has 0 bridgehead atoms. The molecule has 5 heteroatoms. The highest BCUT2D eigenvalue weighted by Gasteiger charge is 2.22. The molecular weight excluding hydrogens is 390 g/mol. The van der Waals surface area contributed by atoms with E-state index < -0.39 is 0 Å². The van der Waals surface area contributed by atoms with Gasteiger partial charge in [0.2, 0.25) is 0 Å². The highest BCUT2D eigenvalue weighted by Crippen LogP contribution is 2.37. The van der Waals surface area contributed by atoms with E-state index in [1.807, 2.05) is 73.7 Å². The number of anilines is 2. The predicted octanol–water partition coefficient (Wildman–Crippen LogP) is 6.21. The van der Waals surface area contributed by atoms with Crippen LogP contribution in [0.25, 0.3) is 0 Å². The Bertz CT molecular complexity index is 1140. The van der Waals surface area contributed by atoms with Gasteiger partial charge in [0.15, 0.2) is 0 Å². The van der Waals surface area contributed by atoms with Gasteiger partial charge in [-0.25, -0.2) is 4.98 Å². The summed E-state index contributed by atoms with van der Waals surface area (Å²) < 4.78 is 0. The number of carbonyl (C=O) groups is 1. The van der Waals surface area contributed by atoms with Crippen LogP contribution in [0, 0.1) is 13.8 Å². The van der Waals surface area contributed by atoms with Crippen molar-refractivity contribution in [3.05, 3.63) is 112 Å². The number of hydrogen-bond donors (Lipinski definition) is 2. The molecule has 30 heavy (non-hydrogen) atoms. The Morgan fingerprint density at radius 1 is 0.900 bits per heavy atom. The molecule has 1 atom stereocenters. The lowest BCUT2D eigenvalue weighted by molar-refractivity contribution is 0.102. The molecule has 2 N–H and O–H groups in total. The van der Waals surface area contributed by atoms with E-state index in [9.17, 15) is 4.79 Å². The van der Waals surface area contributed by atoms with Crippen molar-refractivity contribution in [3.8, 4) is 0 Å². The number of nitrogens with one attached hydrogen (secondary N) is 2. The summed E-state index contributed by atoms with van der Waals surface area (Å²) in [6.45, 7) is 4.03. The second-order valence-electron chi connectivity index (χ2n) is 7.11. The summed E-state index contributed by atoms with van der Waals surface area (Å²) in [5, 5.41) is 7.52. The first-order chi connectivity index (χ1) is 14.6. The van der Waals surface area contributed by atoms with Crippen molar-refractivity contribution < 1.29 is 4.79 Å². The van der Waals surface area contributed by atoms with Crippen LogP contribution in [0.3, 0.4) is 0 Å². The van der Waals surface area contributed by atoms with Crippen LogP contribution in [0.4, 0.5) is 10.8 Å². The molecule has 4 aromatic rings. The topological polar surface area (TPSA) is 54.0 Å². The molecule has 1 amide bonds. The highest BCUT2D eigenvalue weighted by molar-refractivity contribution is 7.16. The molecule has 4 nitrogen and oxygen atoms in total. The molecule has 150 valence electrons. The summed E-state index contributed by atoms with van der Waals surface area (Å²) >= 11 is 1.58. The molecule has 2 aromatic carbocycles. The molecule has 0 saturated heterocycles. The molecule has 0 aliphatic rings. The van der Waals surface area contributed by atoms with E-state index in [4.69, 9.17) is 0 Å². The molecule has 0 radical (unpaired) electrons. The lowest BCUT2D eigenvalue weighted by atomic mass is 10.00. The first-order valence-corrected chi connectivity index (χ1v) is 10.6. The Labute approximate surface area is 180 Å². The summed E-state index contributed by atoms with van der Waals surface area (Å²) in [5.74, 6) is 0.687. The molecule has 0 spiro atoms. The van der Waals surface area contributed by atoms with Crippen molar-refractivity contribution in [2.45, 2.75) is 19.9 Å². The minimum absolute atomic E-state index is 0.112. The van der Waals surface area contributed by atoms with Gasteiger partial charge in [0.05, 0.1) is 6.04 Å². The number of rotatable bonds is 6. The van der Waals surface area contributed by atoms with Crippen LogP contribution in [0.15, 0.2) is 84.9 Å². The van der Waals surface area contributed by atoms with E-state index in [-0.39, 0.29) is 11.9 Å². The van der Waals surface area contributed by atoms with Crippen LogP contribution in [-0.2, 0) is 0 Å². The largest absolute Gasteiger partial charge is 0.359 e. The standard InChI is InChI=1S/C25H23N3OS/c1-17-10-9-15-22(26-17)27-23(19-11-5-3-6-12-19)21-16-18(2)30-25(21)28-24(29)20-13-7-4-8-14-20/h3-16,23H,1-2H3,(H,26,27)(H,28,29)/t23-/m0/s1. The average Bonchev–Trinajstić information content (AvgIpc) is 3.13. The molecule has 0 unspecified atom stereocenters. The zero-order valence-electron chi connectivity index (χ0n) is 16.9. The van der Waals surface area contributed by atoms with Crippen molar-refractivity contribution in [1.29, 1.82) is 0 Å². The normalized spacial score (nSPS) is 11.7. The van der Waals surface area contributed by atoms with Gasteiger partial charge in [0.25, 0.3) is 5.91 Å². The van der Waals surface area contributed by atoms with Crippen molar-refractivity contribution in [1.82, 2.24) is 4.98 Å². The van der Waals surface area contributed by atoms with Crippen molar-refractivity contribution in [2.75, 3.05) is 10.6 Å². The maximum absolute atomic E-state index is 12.8. The first kappa shape index (κ1) is 19.9. The monoisotopic (exact) mass is 413 g/mol. The number of benzene rings is 2. The zero-order chi connectivity index (χ0) is 20.9. The van der Waals surface area contributed by atoms with Crippen LogP contribution in [0.1, 0.15) is 38.1 Å². The number of pyridine rings is 1. The fourth-order valence-corrected chi connectivity index (χ4v) is 4.31. The third-order valence-electron chi connectivity index (χ3n) is 4.77. The fourth-order valence-electron chi connectivity index (χ4n) is 3.37. The van der Waals surface area contributed by atoms with Crippen molar-refractivity contribution >= 4 is 28.1 Å². The number of thiophene rings is 1. The van der Waals surface area contributed by atoms with E-state index >= 15 is 0 Å².